The average Bonchev–Trinajstić information content (AvgIpc) is 3.13. The quantitative estimate of drug-likeness (QED) is 0.376. The Balaban J connectivity index is 1.53. The normalized spacial score (nSPS) is 14.4. The molecular formula is C25H20ClNO4. The first-order valence-corrected chi connectivity index (χ1v) is 10.0. The van der Waals surface area contributed by atoms with Gasteiger partial charge in [-0.3, -0.25) is 0 Å². The van der Waals surface area contributed by atoms with Crippen molar-refractivity contribution in [3.8, 4) is 11.5 Å². The van der Waals surface area contributed by atoms with Crippen LogP contribution < -0.4 is 9.47 Å². The first-order valence-electron chi connectivity index (χ1n) is 9.67. The van der Waals surface area contributed by atoms with Crippen LogP contribution in [0, 0.1) is 6.92 Å². The largest absolute Gasteiger partial charge is 0.493 e. The molecule has 31 heavy (non-hydrogen) atoms. The molecule has 0 aromatic heterocycles. The molecular weight excluding hydrogens is 414 g/mol. The zero-order valence-corrected chi connectivity index (χ0v) is 17.8. The summed E-state index contributed by atoms with van der Waals surface area (Å²) in [7, 11) is 1.58. The van der Waals surface area contributed by atoms with E-state index in [9.17, 15) is 4.79 Å². The third-order valence-electron chi connectivity index (χ3n) is 4.68. The number of nitrogens with zero attached hydrogens (tertiary/aromatic N) is 1. The zero-order valence-electron chi connectivity index (χ0n) is 17.1. The minimum Gasteiger partial charge on any atom is -0.493 e. The van der Waals surface area contributed by atoms with Gasteiger partial charge in [0.1, 0.15) is 6.61 Å². The lowest BCUT2D eigenvalue weighted by Gasteiger charge is -2.12. The van der Waals surface area contributed by atoms with Gasteiger partial charge in [0.15, 0.2) is 17.2 Å². The molecule has 0 N–H and O–H groups in total. The molecule has 1 heterocycles. The van der Waals surface area contributed by atoms with Crippen LogP contribution in [0.3, 0.4) is 0 Å². The summed E-state index contributed by atoms with van der Waals surface area (Å²) >= 11 is 5.91. The highest BCUT2D eigenvalue weighted by Gasteiger charge is 2.24. The first-order chi connectivity index (χ1) is 15.0. The van der Waals surface area contributed by atoms with Crippen LogP contribution >= 0.6 is 11.6 Å². The van der Waals surface area contributed by atoms with Gasteiger partial charge in [-0.05, 0) is 60.5 Å². The number of carbonyl (C=O) groups is 1. The van der Waals surface area contributed by atoms with E-state index >= 15 is 0 Å². The van der Waals surface area contributed by atoms with Crippen LogP contribution in [0.5, 0.6) is 11.5 Å². The number of hydrogen-bond acceptors (Lipinski definition) is 5. The monoisotopic (exact) mass is 433 g/mol. The SMILES string of the molecule is COc1cc(/C=C2\N=C(c3ccc(Cl)cc3)OC2=O)ccc1OCc1cccc(C)c1. The Morgan fingerprint density at radius 3 is 2.58 bits per heavy atom. The number of aryl methyl sites for hydroxylation is 1. The second-order valence-corrected chi connectivity index (χ2v) is 7.47. The Kier molecular flexibility index (Phi) is 6.05. The van der Waals surface area contributed by atoms with E-state index in [1.54, 1.807) is 43.5 Å². The molecule has 1 aliphatic rings. The van der Waals surface area contributed by atoms with Crippen LogP contribution in [0.25, 0.3) is 6.08 Å². The molecule has 156 valence electrons. The van der Waals surface area contributed by atoms with Crippen molar-refractivity contribution in [2.24, 2.45) is 4.99 Å². The van der Waals surface area contributed by atoms with E-state index in [0.29, 0.717) is 28.7 Å². The Morgan fingerprint density at radius 1 is 1.03 bits per heavy atom. The van der Waals surface area contributed by atoms with Crippen molar-refractivity contribution < 1.29 is 19.0 Å². The molecule has 0 saturated heterocycles. The molecule has 0 unspecified atom stereocenters. The third-order valence-corrected chi connectivity index (χ3v) is 4.93. The summed E-state index contributed by atoms with van der Waals surface area (Å²) in [5.41, 5.74) is 3.88. The Labute approximate surface area is 185 Å². The molecule has 6 heteroatoms. The minimum atomic E-state index is -0.510. The number of carbonyl (C=O) groups excluding carboxylic acids is 1. The van der Waals surface area contributed by atoms with Crippen molar-refractivity contribution in [3.05, 3.63) is 99.7 Å². The lowest BCUT2D eigenvalue weighted by Crippen LogP contribution is -2.05. The Bertz CT molecular complexity index is 1180. The summed E-state index contributed by atoms with van der Waals surface area (Å²) in [6.07, 6.45) is 1.65. The van der Waals surface area contributed by atoms with Crippen molar-refractivity contribution in [3.63, 3.8) is 0 Å². The molecule has 0 atom stereocenters. The van der Waals surface area contributed by atoms with Gasteiger partial charge in [0, 0.05) is 10.6 Å². The number of methoxy groups -OCH3 is 1. The number of hydrogen-bond donors (Lipinski definition) is 0. The molecule has 0 saturated carbocycles. The van der Waals surface area contributed by atoms with Crippen molar-refractivity contribution >= 4 is 29.5 Å². The van der Waals surface area contributed by atoms with E-state index in [-0.39, 0.29) is 11.6 Å². The number of cyclic esters (lactones) is 1. The fourth-order valence-corrected chi connectivity index (χ4v) is 3.27. The number of ether oxygens (including phenoxy) is 3. The summed E-state index contributed by atoms with van der Waals surface area (Å²) in [6, 6.07) is 20.5. The molecule has 5 nitrogen and oxygen atoms in total. The molecule has 0 fully saturated rings. The molecule has 3 aromatic rings. The van der Waals surface area contributed by atoms with Crippen molar-refractivity contribution in [2.75, 3.05) is 7.11 Å². The Hall–Kier alpha value is -3.57. The fraction of sp³-hybridized carbons (Fsp3) is 0.120. The molecule has 0 amide bonds. The van der Waals surface area contributed by atoms with Crippen molar-refractivity contribution in [1.82, 2.24) is 0 Å². The van der Waals surface area contributed by atoms with Gasteiger partial charge in [0.25, 0.3) is 0 Å². The second-order valence-electron chi connectivity index (χ2n) is 7.03. The highest BCUT2D eigenvalue weighted by atomic mass is 35.5. The molecule has 3 aromatic carbocycles. The molecule has 1 aliphatic heterocycles. The van der Waals surface area contributed by atoms with Crippen LogP contribution in [0.4, 0.5) is 0 Å². The van der Waals surface area contributed by atoms with E-state index in [1.165, 1.54) is 5.56 Å². The third kappa shape index (κ3) is 4.95. The lowest BCUT2D eigenvalue weighted by atomic mass is 10.1. The van der Waals surface area contributed by atoms with Gasteiger partial charge in [0.05, 0.1) is 7.11 Å². The van der Waals surface area contributed by atoms with Crippen molar-refractivity contribution in [2.45, 2.75) is 13.5 Å². The highest BCUT2D eigenvalue weighted by molar-refractivity contribution is 6.30. The van der Waals surface area contributed by atoms with Crippen LogP contribution in [0.2, 0.25) is 5.02 Å². The van der Waals surface area contributed by atoms with E-state index < -0.39 is 5.97 Å². The van der Waals surface area contributed by atoms with Gasteiger partial charge in [0.2, 0.25) is 5.90 Å². The molecule has 4 rings (SSSR count). The van der Waals surface area contributed by atoms with Crippen LogP contribution in [-0.4, -0.2) is 19.0 Å². The fourth-order valence-electron chi connectivity index (χ4n) is 3.14. The number of esters is 1. The number of halogens is 1. The van der Waals surface area contributed by atoms with Crippen LogP contribution in [0.1, 0.15) is 22.3 Å². The lowest BCUT2D eigenvalue weighted by molar-refractivity contribution is -0.129. The van der Waals surface area contributed by atoms with E-state index in [1.807, 2.05) is 37.3 Å². The minimum absolute atomic E-state index is 0.209. The summed E-state index contributed by atoms with van der Waals surface area (Å²) in [4.78, 5) is 16.6. The smallest absolute Gasteiger partial charge is 0.363 e. The summed E-state index contributed by atoms with van der Waals surface area (Å²) < 4.78 is 16.7. The summed E-state index contributed by atoms with van der Waals surface area (Å²) in [5.74, 6) is 0.919. The van der Waals surface area contributed by atoms with E-state index in [0.717, 1.165) is 11.1 Å². The maximum Gasteiger partial charge on any atom is 0.363 e. The van der Waals surface area contributed by atoms with Gasteiger partial charge in [-0.1, -0.05) is 47.5 Å². The maximum absolute atomic E-state index is 12.3. The van der Waals surface area contributed by atoms with Gasteiger partial charge in [-0.15, -0.1) is 0 Å². The number of benzene rings is 3. The molecule has 0 radical (unpaired) electrons. The number of rotatable bonds is 6. The van der Waals surface area contributed by atoms with Gasteiger partial charge >= 0.3 is 5.97 Å². The number of aliphatic imine (C=N–C) groups is 1. The molecule has 0 spiro atoms. The second kappa shape index (κ2) is 9.06. The molecule has 0 bridgehead atoms. The average molecular weight is 434 g/mol. The predicted molar refractivity (Wildman–Crippen MR) is 121 cm³/mol. The maximum atomic E-state index is 12.3. The Morgan fingerprint density at radius 2 is 1.84 bits per heavy atom. The van der Waals surface area contributed by atoms with Crippen LogP contribution in [0.15, 0.2) is 77.4 Å². The van der Waals surface area contributed by atoms with Crippen molar-refractivity contribution in [1.29, 1.82) is 0 Å². The standard InChI is InChI=1S/C25H20ClNO4/c1-16-4-3-5-18(12-16)15-30-22-11-6-17(14-23(22)29-2)13-21-25(28)31-24(27-21)19-7-9-20(26)10-8-19/h3-14H,15H2,1-2H3/b21-13-. The van der Waals surface area contributed by atoms with E-state index in [4.69, 9.17) is 25.8 Å². The van der Waals surface area contributed by atoms with Gasteiger partial charge in [-0.2, -0.15) is 0 Å². The highest BCUT2D eigenvalue weighted by Crippen LogP contribution is 2.30. The van der Waals surface area contributed by atoms with E-state index in [2.05, 4.69) is 11.1 Å². The zero-order chi connectivity index (χ0) is 21.8. The predicted octanol–water partition coefficient (Wildman–Crippen LogP) is 5.58. The van der Waals surface area contributed by atoms with Crippen LogP contribution in [-0.2, 0) is 16.1 Å². The van der Waals surface area contributed by atoms with Gasteiger partial charge in [-0.25, -0.2) is 9.79 Å². The summed E-state index contributed by atoms with van der Waals surface area (Å²) in [5, 5.41) is 0.598. The summed E-state index contributed by atoms with van der Waals surface area (Å²) in [6.45, 7) is 2.47. The molecule has 0 aliphatic carbocycles. The first kappa shape index (κ1) is 20.7. The van der Waals surface area contributed by atoms with Gasteiger partial charge < -0.3 is 14.2 Å². The topological polar surface area (TPSA) is 57.1 Å².